The Kier molecular flexibility index (Phi) is 3.48. The van der Waals surface area contributed by atoms with Crippen LogP contribution >= 0.6 is 0 Å². The van der Waals surface area contributed by atoms with E-state index in [1.165, 1.54) is 11.1 Å². The van der Waals surface area contributed by atoms with Crippen LogP contribution in [-0.2, 0) is 6.42 Å². The molecule has 1 aromatic heterocycles. The van der Waals surface area contributed by atoms with Crippen LogP contribution in [0, 0.1) is 0 Å². The predicted molar refractivity (Wildman–Crippen MR) is 99.3 cm³/mol. The van der Waals surface area contributed by atoms with Crippen molar-refractivity contribution in [2.24, 2.45) is 0 Å². The number of piperidine rings is 1. The summed E-state index contributed by atoms with van der Waals surface area (Å²) < 4.78 is 0. The Bertz CT molecular complexity index is 994. The highest BCUT2D eigenvalue weighted by Crippen LogP contribution is 2.42. The van der Waals surface area contributed by atoms with E-state index in [1.54, 1.807) is 12.4 Å². The van der Waals surface area contributed by atoms with Crippen LogP contribution in [0.4, 0.5) is 0 Å². The zero-order chi connectivity index (χ0) is 17.7. The van der Waals surface area contributed by atoms with Crippen LogP contribution in [0.1, 0.15) is 46.7 Å². The third-order valence-electron chi connectivity index (χ3n) is 5.95. The van der Waals surface area contributed by atoms with Gasteiger partial charge in [-0.05, 0) is 67.1 Å². The summed E-state index contributed by atoms with van der Waals surface area (Å²) in [5.41, 5.74) is 5.02. The summed E-state index contributed by atoms with van der Waals surface area (Å²) in [6.07, 6.45) is 5.67. The molecule has 1 aliphatic heterocycles. The van der Waals surface area contributed by atoms with Gasteiger partial charge in [-0.1, -0.05) is 6.07 Å². The Morgan fingerprint density at radius 3 is 3.04 bits per heavy atom. The van der Waals surface area contributed by atoms with Crippen LogP contribution in [-0.4, -0.2) is 38.5 Å². The van der Waals surface area contributed by atoms with E-state index in [4.69, 9.17) is 0 Å². The lowest BCUT2D eigenvalue weighted by atomic mass is 9.74. The minimum atomic E-state index is 0.0970. The molecule has 5 heteroatoms. The summed E-state index contributed by atoms with van der Waals surface area (Å²) in [4.78, 5) is 22.6. The average molecular weight is 347 g/mol. The van der Waals surface area contributed by atoms with Gasteiger partial charge in [0.2, 0.25) is 0 Å². The monoisotopic (exact) mass is 347 g/mol. The first-order valence-corrected chi connectivity index (χ1v) is 9.26. The summed E-state index contributed by atoms with van der Waals surface area (Å²) in [7, 11) is 0. The number of H-pyrrole nitrogens is 1. The topological polar surface area (TPSA) is 69.2 Å². The standard InChI is InChI=1S/C21H21N3O2/c25-15-6-3-13-5-8-20-16(17(13)11-15)2-1-9-24(20)21(26)14-4-7-18-19(10-14)23-12-22-18/h3-4,6-7,10-12,16,20,25H,1-2,5,8-9H2,(H,22,23)/t16-,20+/m1/s1. The Balaban J connectivity index is 1.48. The maximum atomic E-state index is 13.2. The number of aromatic hydroxyl groups is 1. The van der Waals surface area contributed by atoms with E-state index in [1.807, 2.05) is 30.3 Å². The zero-order valence-corrected chi connectivity index (χ0v) is 14.5. The van der Waals surface area contributed by atoms with E-state index in [0.29, 0.717) is 17.2 Å². The number of amides is 1. The van der Waals surface area contributed by atoms with Crippen molar-refractivity contribution in [3.63, 3.8) is 0 Å². The van der Waals surface area contributed by atoms with Crippen molar-refractivity contribution in [3.8, 4) is 5.75 Å². The number of hydrogen-bond acceptors (Lipinski definition) is 3. The van der Waals surface area contributed by atoms with Crippen molar-refractivity contribution in [2.45, 2.75) is 37.6 Å². The summed E-state index contributed by atoms with van der Waals surface area (Å²) >= 11 is 0. The fourth-order valence-corrected chi connectivity index (χ4v) is 4.72. The number of phenolic OH excluding ortho intramolecular Hbond substituents is 1. The highest BCUT2D eigenvalue weighted by Gasteiger charge is 2.38. The van der Waals surface area contributed by atoms with Crippen molar-refractivity contribution >= 4 is 16.9 Å². The normalized spacial score (nSPS) is 22.1. The summed E-state index contributed by atoms with van der Waals surface area (Å²) in [6.45, 7) is 0.801. The van der Waals surface area contributed by atoms with Crippen molar-refractivity contribution < 1.29 is 9.90 Å². The second-order valence-corrected chi connectivity index (χ2v) is 7.37. The first-order chi connectivity index (χ1) is 12.7. The average Bonchev–Trinajstić information content (AvgIpc) is 3.14. The van der Waals surface area contributed by atoms with Crippen LogP contribution in [0.15, 0.2) is 42.7 Å². The number of aromatic nitrogens is 2. The lowest BCUT2D eigenvalue weighted by Gasteiger charge is -2.45. The third kappa shape index (κ3) is 2.38. The fourth-order valence-electron chi connectivity index (χ4n) is 4.72. The molecule has 0 radical (unpaired) electrons. The molecule has 3 aromatic rings. The first kappa shape index (κ1) is 15.4. The molecule has 5 nitrogen and oxygen atoms in total. The quantitative estimate of drug-likeness (QED) is 0.707. The third-order valence-corrected chi connectivity index (χ3v) is 5.95. The summed E-state index contributed by atoms with van der Waals surface area (Å²) in [5.74, 6) is 0.733. The largest absolute Gasteiger partial charge is 0.508 e. The number of hydrogen-bond donors (Lipinski definition) is 2. The SMILES string of the molecule is O=C(c1ccc2nc[nH]c2c1)N1CCC[C@@H]2c3cc(O)ccc3CC[C@@H]21. The Labute approximate surface area is 151 Å². The van der Waals surface area contributed by atoms with Crippen molar-refractivity contribution in [3.05, 3.63) is 59.4 Å². The lowest BCUT2D eigenvalue weighted by molar-refractivity contribution is 0.0547. The van der Waals surface area contributed by atoms with Crippen molar-refractivity contribution in [2.75, 3.05) is 6.54 Å². The number of aromatic amines is 1. The van der Waals surface area contributed by atoms with Crippen LogP contribution in [0.25, 0.3) is 11.0 Å². The van der Waals surface area contributed by atoms with Gasteiger partial charge in [-0.25, -0.2) is 4.98 Å². The molecule has 2 heterocycles. The molecule has 1 saturated heterocycles. The van der Waals surface area contributed by atoms with Crippen LogP contribution in [0.2, 0.25) is 0 Å². The highest BCUT2D eigenvalue weighted by atomic mass is 16.3. The molecular formula is C21H21N3O2. The molecule has 1 fully saturated rings. The van der Waals surface area contributed by atoms with Crippen molar-refractivity contribution in [1.29, 1.82) is 0 Å². The van der Waals surface area contributed by atoms with Gasteiger partial charge >= 0.3 is 0 Å². The van der Waals surface area contributed by atoms with Crippen molar-refractivity contribution in [1.82, 2.24) is 14.9 Å². The molecular weight excluding hydrogens is 326 g/mol. The van der Waals surface area contributed by atoms with Gasteiger partial charge in [-0.2, -0.15) is 0 Å². The molecule has 0 saturated carbocycles. The van der Waals surface area contributed by atoms with Gasteiger partial charge in [0.25, 0.3) is 5.91 Å². The Morgan fingerprint density at radius 1 is 1.19 bits per heavy atom. The van der Waals surface area contributed by atoms with E-state index < -0.39 is 0 Å². The number of likely N-dealkylation sites (tertiary alicyclic amines) is 1. The number of rotatable bonds is 1. The number of fused-ring (bicyclic) bond motifs is 4. The van der Waals surface area contributed by atoms with Crippen LogP contribution < -0.4 is 0 Å². The zero-order valence-electron chi connectivity index (χ0n) is 14.5. The molecule has 1 amide bonds. The molecule has 26 heavy (non-hydrogen) atoms. The van der Waals surface area contributed by atoms with Gasteiger partial charge in [0.05, 0.1) is 17.4 Å². The molecule has 1 aliphatic carbocycles. The minimum absolute atomic E-state index is 0.0970. The van der Waals surface area contributed by atoms with E-state index in [-0.39, 0.29) is 11.9 Å². The summed E-state index contributed by atoms with van der Waals surface area (Å²) in [5, 5.41) is 9.92. The molecule has 2 N–H and O–H groups in total. The molecule has 5 rings (SSSR count). The summed E-state index contributed by atoms with van der Waals surface area (Å²) in [6, 6.07) is 11.6. The number of aryl methyl sites for hydroxylation is 1. The predicted octanol–water partition coefficient (Wildman–Crippen LogP) is 3.60. The van der Waals surface area contributed by atoms with E-state index in [9.17, 15) is 9.90 Å². The lowest BCUT2D eigenvalue weighted by Crippen LogP contribution is -2.49. The first-order valence-electron chi connectivity index (χ1n) is 9.26. The van der Waals surface area contributed by atoms with Gasteiger partial charge < -0.3 is 15.0 Å². The fraction of sp³-hybridized carbons (Fsp3) is 0.333. The smallest absolute Gasteiger partial charge is 0.254 e. The number of carbonyl (C=O) groups is 1. The van der Waals surface area contributed by atoms with Gasteiger partial charge in [0.1, 0.15) is 5.75 Å². The van der Waals surface area contributed by atoms with Crippen LogP contribution in [0.3, 0.4) is 0 Å². The highest BCUT2D eigenvalue weighted by molar-refractivity contribution is 5.97. The molecule has 0 spiro atoms. The minimum Gasteiger partial charge on any atom is -0.508 e. The molecule has 2 atom stereocenters. The Morgan fingerprint density at radius 2 is 2.12 bits per heavy atom. The number of carbonyl (C=O) groups excluding carboxylic acids is 1. The second kappa shape index (κ2) is 5.87. The number of nitrogens with zero attached hydrogens (tertiary/aromatic N) is 2. The second-order valence-electron chi connectivity index (χ2n) is 7.37. The molecule has 2 aromatic carbocycles. The number of phenols is 1. The van der Waals surface area contributed by atoms with E-state index >= 15 is 0 Å². The number of nitrogens with one attached hydrogen (secondary N) is 1. The molecule has 2 aliphatic rings. The van der Waals surface area contributed by atoms with Gasteiger partial charge in [0, 0.05) is 24.1 Å². The van der Waals surface area contributed by atoms with E-state index in [2.05, 4.69) is 14.9 Å². The maximum Gasteiger partial charge on any atom is 0.254 e. The van der Waals surface area contributed by atoms with E-state index in [0.717, 1.165) is 43.3 Å². The van der Waals surface area contributed by atoms with Gasteiger partial charge in [-0.15, -0.1) is 0 Å². The Hall–Kier alpha value is -2.82. The number of benzene rings is 2. The van der Waals surface area contributed by atoms with Gasteiger partial charge in [0.15, 0.2) is 0 Å². The molecule has 0 unspecified atom stereocenters. The maximum absolute atomic E-state index is 13.2. The van der Waals surface area contributed by atoms with Crippen LogP contribution in [0.5, 0.6) is 5.75 Å². The molecule has 132 valence electrons. The van der Waals surface area contributed by atoms with Gasteiger partial charge in [-0.3, -0.25) is 4.79 Å². The molecule has 0 bridgehead atoms. The number of imidazole rings is 1.